The van der Waals surface area contributed by atoms with Crippen molar-refractivity contribution >= 4 is 16.1 Å². The predicted molar refractivity (Wildman–Crippen MR) is 144 cm³/mol. The fourth-order valence-corrected chi connectivity index (χ4v) is 5.84. The topological polar surface area (TPSA) is 90.3 Å². The fraction of sp³-hybridized carbons (Fsp3) is 0.448. The molecule has 1 aromatic heterocycles. The van der Waals surface area contributed by atoms with Crippen molar-refractivity contribution in [1.82, 2.24) is 14.5 Å². The first-order chi connectivity index (χ1) is 17.1. The Morgan fingerprint density at radius 2 is 1.73 bits per heavy atom. The van der Waals surface area contributed by atoms with Gasteiger partial charge in [0, 0.05) is 12.6 Å². The summed E-state index contributed by atoms with van der Waals surface area (Å²) in [4.78, 5) is 13.2. The van der Waals surface area contributed by atoms with Crippen molar-refractivity contribution < 1.29 is 17.9 Å². The molecule has 0 radical (unpaired) electrons. The number of rotatable bonds is 4. The summed E-state index contributed by atoms with van der Waals surface area (Å²) < 4.78 is 33.3. The molecule has 4 rings (SSSR count). The van der Waals surface area contributed by atoms with E-state index in [-0.39, 0.29) is 10.3 Å². The van der Waals surface area contributed by atoms with Gasteiger partial charge in [-0.25, -0.2) is 4.79 Å². The smallest absolute Gasteiger partial charge is 0.408 e. The standard InChI is InChI=1S/C29H37N3O4S/c1-20-11-13-24(14-12-20)37(34,35)32-19-21-18-29(16-15-25(21)31-32,30-26(33)36-28(5,6)7)23-10-8-9-22(17-23)27(2,3)4/h8-14,17,19H,15-16,18H2,1-7H3,(H,30,33). The molecule has 1 heterocycles. The van der Waals surface area contributed by atoms with Gasteiger partial charge in [0.2, 0.25) is 0 Å². The minimum Gasteiger partial charge on any atom is -0.444 e. The number of alkyl carbamates (subject to hydrolysis) is 1. The third-order valence-corrected chi connectivity index (χ3v) is 8.27. The summed E-state index contributed by atoms with van der Waals surface area (Å²) in [7, 11) is -3.83. The van der Waals surface area contributed by atoms with Crippen LogP contribution in [0.1, 0.15) is 75.9 Å². The number of fused-ring (bicyclic) bond motifs is 1. The van der Waals surface area contributed by atoms with Gasteiger partial charge >= 0.3 is 6.09 Å². The van der Waals surface area contributed by atoms with E-state index in [1.54, 1.807) is 30.5 Å². The van der Waals surface area contributed by atoms with E-state index in [9.17, 15) is 13.2 Å². The first-order valence-electron chi connectivity index (χ1n) is 12.6. The van der Waals surface area contributed by atoms with Gasteiger partial charge in [0.25, 0.3) is 10.0 Å². The molecular weight excluding hydrogens is 486 g/mol. The molecule has 1 unspecified atom stereocenters. The summed E-state index contributed by atoms with van der Waals surface area (Å²) in [5, 5.41) is 7.62. The molecule has 0 aliphatic heterocycles. The lowest BCUT2D eigenvalue weighted by atomic mass is 9.74. The minimum atomic E-state index is -3.83. The van der Waals surface area contributed by atoms with Crippen LogP contribution < -0.4 is 5.32 Å². The second-order valence-corrected chi connectivity index (χ2v) is 13.8. The Morgan fingerprint density at radius 1 is 1.05 bits per heavy atom. The number of carbonyl (C=O) groups excluding carboxylic acids is 1. The normalized spacial score (nSPS) is 18.2. The molecule has 1 aliphatic rings. The fourth-order valence-electron chi connectivity index (χ4n) is 4.67. The van der Waals surface area contributed by atoms with E-state index in [0.29, 0.717) is 19.3 Å². The summed E-state index contributed by atoms with van der Waals surface area (Å²) in [5.41, 5.74) is 3.13. The molecule has 2 aromatic carbocycles. The van der Waals surface area contributed by atoms with Crippen molar-refractivity contribution in [2.45, 2.75) is 89.2 Å². The molecule has 3 aromatic rings. The molecule has 0 saturated carbocycles. The predicted octanol–water partition coefficient (Wildman–Crippen LogP) is 5.63. The second-order valence-electron chi connectivity index (χ2n) is 12.0. The molecule has 0 bridgehead atoms. The molecule has 198 valence electrons. The molecule has 0 spiro atoms. The molecule has 1 aliphatic carbocycles. The van der Waals surface area contributed by atoms with Gasteiger partial charge in [-0.2, -0.15) is 17.6 Å². The van der Waals surface area contributed by atoms with Gasteiger partial charge in [0.15, 0.2) is 0 Å². The highest BCUT2D eigenvalue weighted by molar-refractivity contribution is 7.89. The number of nitrogens with one attached hydrogen (secondary N) is 1. The molecule has 8 heteroatoms. The van der Waals surface area contributed by atoms with Crippen LogP contribution in [0.15, 0.2) is 59.6 Å². The summed E-state index contributed by atoms with van der Waals surface area (Å²) in [6, 6.07) is 15.0. The van der Waals surface area contributed by atoms with E-state index in [2.05, 4.69) is 43.3 Å². The van der Waals surface area contributed by atoms with Crippen LogP contribution in [-0.2, 0) is 38.6 Å². The van der Waals surface area contributed by atoms with Crippen molar-refractivity contribution in [3.63, 3.8) is 0 Å². The van der Waals surface area contributed by atoms with Gasteiger partial charge in [0.05, 0.1) is 16.1 Å². The molecule has 0 fully saturated rings. The van der Waals surface area contributed by atoms with Gasteiger partial charge < -0.3 is 10.1 Å². The highest BCUT2D eigenvalue weighted by Gasteiger charge is 2.41. The van der Waals surface area contributed by atoms with Gasteiger partial charge in [-0.05, 0) is 74.8 Å². The van der Waals surface area contributed by atoms with E-state index >= 15 is 0 Å². The maximum Gasteiger partial charge on any atom is 0.408 e. The summed E-state index contributed by atoms with van der Waals surface area (Å²) >= 11 is 0. The zero-order valence-electron chi connectivity index (χ0n) is 22.8. The van der Waals surface area contributed by atoms with Crippen LogP contribution in [-0.4, -0.2) is 29.3 Å². The largest absolute Gasteiger partial charge is 0.444 e. The van der Waals surface area contributed by atoms with Crippen molar-refractivity contribution in [2.75, 3.05) is 0 Å². The molecule has 1 atom stereocenters. The Hall–Kier alpha value is -3.13. The van der Waals surface area contributed by atoms with Gasteiger partial charge in [-0.1, -0.05) is 62.7 Å². The van der Waals surface area contributed by atoms with E-state index < -0.39 is 27.3 Å². The molecular formula is C29H37N3O4S. The number of carbonyl (C=O) groups is 1. The number of aryl methyl sites for hydroxylation is 2. The van der Waals surface area contributed by atoms with Crippen molar-refractivity contribution in [2.24, 2.45) is 0 Å². The lowest BCUT2D eigenvalue weighted by Crippen LogP contribution is -2.51. The van der Waals surface area contributed by atoms with Crippen LogP contribution in [0.2, 0.25) is 0 Å². The first-order valence-corrected chi connectivity index (χ1v) is 14.0. The summed E-state index contributed by atoms with van der Waals surface area (Å²) in [6.45, 7) is 13.9. The summed E-state index contributed by atoms with van der Waals surface area (Å²) in [5.74, 6) is 0. The van der Waals surface area contributed by atoms with Crippen LogP contribution in [0.3, 0.4) is 0 Å². The number of aromatic nitrogens is 2. The molecule has 0 saturated heterocycles. The number of nitrogens with zero attached hydrogens (tertiary/aromatic N) is 2. The van der Waals surface area contributed by atoms with E-state index in [1.807, 2.05) is 39.8 Å². The average Bonchev–Trinajstić information content (AvgIpc) is 3.21. The number of ether oxygens (including phenoxy) is 1. The molecule has 37 heavy (non-hydrogen) atoms. The van der Waals surface area contributed by atoms with Gasteiger partial charge in [-0.15, -0.1) is 0 Å². The van der Waals surface area contributed by atoms with Crippen LogP contribution >= 0.6 is 0 Å². The van der Waals surface area contributed by atoms with Crippen molar-refractivity contribution in [3.8, 4) is 0 Å². The first kappa shape index (κ1) is 26.9. The average molecular weight is 524 g/mol. The number of amides is 1. The van der Waals surface area contributed by atoms with E-state index in [0.717, 1.165) is 32.0 Å². The van der Waals surface area contributed by atoms with E-state index in [4.69, 9.17) is 4.74 Å². The monoisotopic (exact) mass is 523 g/mol. The number of hydrogen-bond donors (Lipinski definition) is 1. The minimum absolute atomic E-state index is 0.0735. The highest BCUT2D eigenvalue weighted by Crippen LogP contribution is 2.38. The van der Waals surface area contributed by atoms with Crippen LogP contribution in [0.4, 0.5) is 4.79 Å². The third kappa shape index (κ3) is 5.74. The second kappa shape index (κ2) is 9.31. The van der Waals surface area contributed by atoms with Crippen molar-refractivity contribution in [1.29, 1.82) is 0 Å². The van der Waals surface area contributed by atoms with Gasteiger partial charge in [0.1, 0.15) is 5.60 Å². The summed E-state index contributed by atoms with van der Waals surface area (Å²) in [6.07, 6.45) is 2.56. The van der Waals surface area contributed by atoms with Crippen molar-refractivity contribution in [3.05, 3.63) is 82.7 Å². The maximum absolute atomic E-state index is 13.3. The Bertz CT molecular complexity index is 1410. The Morgan fingerprint density at radius 3 is 2.35 bits per heavy atom. The lowest BCUT2D eigenvalue weighted by Gasteiger charge is -2.39. The Kier molecular flexibility index (Phi) is 6.78. The van der Waals surface area contributed by atoms with Crippen LogP contribution in [0.25, 0.3) is 0 Å². The third-order valence-electron chi connectivity index (χ3n) is 6.72. The van der Waals surface area contributed by atoms with Crippen LogP contribution in [0, 0.1) is 6.92 Å². The van der Waals surface area contributed by atoms with E-state index in [1.165, 1.54) is 0 Å². The highest BCUT2D eigenvalue weighted by atomic mass is 32.2. The Labute approximate surface area is 220 Å². The zero-order valence-corrected chi connectivity index (χ0v) is 23.6. The maximum atomic E-state index is 13.3. The van der Waals surface area contributed by atoms with Gasteiger partial charge in [-0.3, -0.25) is 0 Å². The SMILES string of the molecule is Cc1ccc(S(=O)(=O)n2cc3c(n2)CCC(NC(=O)OC(C)(C)C)(c2cccc(C(C)(C)C)c2)C3)cc1. The van der Waals surface area contributed by atoms with Crippen LogP contribution in [0.5, 0.6) is 0 Å². The quantitative estimate of drug-likeness (QED) is 0.478. The molecule has 7 nitrogen and oxygen atoms in total. The Balaban J connectivity index is 1.75. The molecule has 1 amide bonds. The number of hydrogen-bond acceptors (Lipinski definition) is 5. The zero-order chi connectivity index (χ0) is 27.2. The lowest BCUT2D eigenvalue weighted by molar-refractivity contribution is 0.0439. The molecule has 1 N–H and O–H groups in total. The number of benzene rings is 2.